The number of nitrogens with one attached hydrogen (secondary N) is 1. The molecule has 186 valence electrons. The van der Waals surface area contributed by atoms with Gasteiger partial charge in [0.15, 0.2) is 5.60 Å². The molecule has 0 bridgehead atoms. The zero-order chi connectivity index (χ0) is 25.8. The van der Waals surface area contributed by atoms with Crippen LogP contribution in [0.5, 0.6) is 0 Å². The lowest BCUT2D eigenvalue weighted by atomic mass is 9.90. The van der Waals surface area contributed by atoms with Gasteiger partial charge in [-0.25, -0.2) is 4.72 Å². The van der Waals surface area contributed by atoms with E-state index in [4.69, 9.17) is 0 Å². The predicted molar refractivity (Wildman–Crippen MR) is 108 cm³/mol. The lowest BCUT2D eigenvalue weighted by Gasteiger charge is -2.27. The van der Waals surface area contributed by atoms with Crippen molar-refractivity contribution >= 4 is 15.9 Å². The number of amides is 1. The third-order valence-corrected chi connectivity index (χ3v) is 6.30. The van der Waals surface area contributed by atoms with Gasteiger partial charge in [-0.05, 0) is 36.8 Å². The zero-order valence-corrected chi connectivity index (χ0v) is 19.5. The summed E-state index contributed by atoms with van der Waals surface area (Å²) < 4.78 is 95.6. The van der Waals surface area contributed by atoms with E-state index >= 15 is 0 Å². The maximum absolute atomic E-state index is 12.6. The van der Waals surface area contributed by atoms with Crippen molar-refractivity contribution in [2.45, 2.75) is 77.6 Å². The van der Waals surface area contributed by atoms with Crippen LogP contribution in [0, 0.1) is 5.41 Å². The van der Waals surface area contributed by atoms with Crippen LogP contribution in [0.15, 0.2) is 24.3 Å². The average Bonchev–Trinajstić information content (AvgIpc) is 2.65. The number of rotatable bonds is 6. The fraction of sp³-hybridized carbons (Fsp3) is 0.650. The molecular formula is C20H29F6NO4S. The summed E-state index contributed by atoms with van der Waals surface area (Å²) >= 11 is 0. The van der Waals surface area contributed by atoms with E-state index in [9.17, 15) is 44.7 Å². The number of benzene rings is 1. The Bertz CT molecular complexity index is 860. The fourth-order valence-corrected chi connectivity index (χ4v) is 2.65. The number of sulfonamides is 1. The third-order valence-electron chi connectivity index (χ3n) is 5.24. The quantitative estimate of drug-likeness (QED) is 0.523. The van der Waals surface area contributed by atoms with E-state index in [2.05, 4.69) is 0 Å². The van der Waals surface area contributed by atoms with Crippen LogP contribution in [-0.4, -0.2) is 31.1 Å². The van der Waals surface area contributed by atoms with E-state index < -0.39 is 38.6 Å². The molecule has 0 aliphatic rings. The monoisotopic (exact) mass is 493 g/mol. The molecule has 0 aromatic heterocycles. The summed E-state index contributed by atoms with van der Waals surface area (Å²) in [5.74, 6) is -0.859. The van der Waals surface area contributed by atoms with Crippen LogP contribution in [0.3, 0.4) is 0 Å². The van der Waals surface area contributed by atoms with E-state index in [0.29, 0.717) is 5.92 Å². The number of carbonyl (C=O) groups excluding carboxylic acids is 1. The molecule has 0 saturated carbocycles. The zero-order valence-electron chi connectivity index (χ0n) is 18.6. The molecule has 1 aromatic carbocycles. The number of aliphatic hydroxyl groups is 1. The second kappa shape index (κ2) is 10.4. The van der Waals surface area contributed by atoms with Gasteiger partial charge in [0.25, 0.3) is 0 Å². The van der Waals surface area contributed by atoms with Crippen LogP contribution in [0.2, 0.25) is 0 Å². The van der Waals surface area contributed by atoms with Gasteiger partial charge in [0.05, 0.1) is 0 Å². The maximum atomic E-state index is 12.6. The van der Waals surface area contributed by atoms with Crippen molar-refractivity contribution in [2.24, 2.45) is 5.41 Å². The number of hydrogen-bond donors (Lipinski definition) is 2. The van der Waals surface area contributed by atoms with Gasteiger partial charge in [0.1, 0.15) is 0 Å². The Kier molecular flexibility index (Phi) is 9.82. The van der Waals surface area contributed by atoms with Gasteiger partial charge in [-0.2, -0.15) is 34.8 Å². The largest absolute Gasteiger partial charge is 0.516 e. The summed E-state index contributed by atoms with van der Waals surface area (Å²) in [6, 6.07) is 5.97. The van der Waals surface area contributed by atoms with E-state index in [1.54, 1.807) is 19.1 Å². The molecule has 0 fully saturated rings. The molecule has 1 aromatic rings. The summed E-state index contributed by atoms with van der Waals surface area (Å²) in [4.78, 5) is 11.2. The minimum atomic E-state index is -5.59. The van der Waals surface area contributed by atoms with Gasteiger partial charge in [-0.3, -0.25) is 4.79 Å². The second-order valence-electron chi connectivity index (χ2n) is 8.12. The molecule has 12 heteroatoms. The standard InChI is InChI=1S/C13H17F3O.C7H12F3NO3S/c1-4-9(2)10-5-7-11(8-6-10)12(3,17)13(14,15)16;1-4-6(2,3)5(12)11-15(13,14)7(8,9)10/h5-9,17H,4H2,1-3H3;4H2,1-3H3,(H,11,12). The molecule has 1 amide bonds. The Hall–Kier alpha value is -1.82. The van der Waals surface area contributed by atoms with Crippen LogP contribution in [0.1, 0.15) is 71.4 Å². The van der Waals surface area contributed by atoms with E-state index in [1.807, 2.05) is 13.8 Å². The van der Waals surface area contributed by atoms with E-state index in [0.717, 1.165) is 23.6 Å². The first-order valence-corrected chi connectivity index (χ1v) is 11.1. The van der Waals surface area contributed by atoms with Crippen molar-refractivity contribution < 1.29 is 44.7 Å². The van der Waals surface area contributed by atoms with Crippen LogP contribution >= 0.6 is 0 Å². The highest BCUT2D eigenvalue weighted by Gasteiger charge is 2.51. The number of alkyl halides is 6. The van der Waals surface area contributed by atoms with Crippen LogP contribution in [-0.2, 0) is 20.4 Å². The Morgan fingerprint density at radius 2 is 1.44 bits per heavy atom. The molecule has 0 aliphatic heterocycles. The lowest BCUT2D eigenvalue weighted by Crippen LogP contribution is -2.45. The van der Waals surface area contributed by atoms with Crippen LogP contribution < -0.4 is 4.72 Å². The highest BCUT2D eigenvalue weighted by molar-refractivity contribution is 7.90. The Labute approximate surface area is 184 Å². The lowest BCUT2D eigenvalue weighted by molar-refractivity contribution is -0.258. The average molecular weight is 494 g/mol. The summed E-state index contributed by atoms with van der Waals surface area (Å²) in [5.41, 5.74) is -8.56. The molecule has 0 heterocycles. The molecule has 32 heavy (non-hydrogen) atoms. The van der Waals surface area contributed by atoms with Crippen molar-refractivity contribution in [2.75, 3.05) is 0 Å². The molecule has 0 saturated heterocycles. The van der Waals surface area contributed by atoms with Crippen LogP contribution in [0.25, 0.3) is 0 Å². The van der Waals surface area contributed by atoms with Crippen molar-refractivity contribution in [1.29, 1.82) is 0 Å². The van der Waals surface area contributed by atoms with Gasteiger partial charge in [0, 0.05) is 5.41 Å². The Balaban J connectivity index is 0.000000607. The number of carbonyl (C=O) groups is 1. The first kappa shape index (κ1) is 30.2. The molecule has 2 unspecified atom stereocenters. The molecule has 2 N–H and O–H groups in total. The first-order chi connectivity index (χ1) is 14.1. The maximum Gasteiger partial charge on any atom is 0.516 e. The normalized spacial score (nSPS) is 15.8. The summed E-state index contributed by atoms with van der Waals surface area (Å²) in [6.07, 6.45) is -3.51. The van der Waals surface area contributed by atoms with Crippen molar-refractivity contribution in [3.63, 3.8) is 0 Å². The van der Waals surface area contributed by atoms with Gasteiger partial charge in [0.2, 0.25) is 5.91 Å². The minimum absolute atomic E-state index is 0.128. The van der Waals surface area contributed by atoms with Crippen molar-refractivity contribution in [3.05, 3.63) is 35.4 Å². The predicted octanol–water partition coefficient (Wildman–Crippen LogP) is 5.36. The van der Waals surface area contributed by atoms with Gasteiger partial charge in [-0.15, -0.1) is 0 Å². The first-order valence-electron chi connectivity index (χ1n) is 9.67. The fourth-order valence-electron chi connectivity index (χ4n) is 2.01. The smallest absolute Gasteiger partial charge is 0.376 e. The molecule has 1 rings (SSSR count). The molecule has 0 radical (unpaired) electrons. The minimum Gasteiger partial charge on any atom is -0.376 e. The SMILES string of the molecule is CCC(C)(C)C(=O)NS(=O)(=O)C(F)(F)F.CCC(C)c1ccc(C(C)(O)C(F)(F)F)cc1. The van der Waals surface area contributed by atoms with E-state index in [-0.39, 0.29) is 12.0 Å². The van der Waals surface area contributed by atoms with Crippen molar-refractivity contribution in [3.8, 4) is 0 Å². The third kappa shape index (κ3) is 7.65. The Morgan fingerprint density at radius 1 is 1.00 bits per heavy atom. The van der Waals surface area contributed by atoms with Crippen molar-refractivity contribution in [1.82, 2.24) is 4.72 Å². The second-order valence-corrected chi connectivity index (χ2v) is 9.79. The number of hydrogen-bond acceptors (Lipinski definition) is 4. The molecule has 0 spiro atoms. The topological polar surface area (TPSA) is 83.5 Å². The highest BCUT2D eigenvalue weighted by Crippen LogP contribution is 2.38. The highest BCUT2D eigenvalue weighted by atomic mass is 32.2. The van der Waals surface area contributed by atoms with Gasteiger partial charge in [-0.1, -0.05) is 58.9 Å². The van der Waals surface area contributed by atoms with Crippen LogP contribution in [0.4, 0.5) is 26.3 Å². The Morgan fingerprint density at radius 3 is 1.75 bits per heavy atom. The van der Waals surface area contributed by atoms with Gasteiger partial charge >= 0.3 is 21.7 Å². The summed E-state index contributed by atoms with van der Waals surface area (Å²) in [5, 5.41) is 9.48. The molecule has 0 aliphatic carbocycles. The molecule has 5 nitrogen and oxygen atoms in total. The molecular weight excluding hydrogens is 464 g/mol. The summed E-state index contributed by atoms with van der Waals surface area (Å²) in [7, 11) is -5.59. The summed E-state index contributed by atoms with van der Waals surface area (Å²) in [6.45, 7) is 9.08. The van der Waals surface area contributed by atoms with Gasteiger partial charge < -0.3 is 5.11 Å². The van der Waals surface area contributed by atoms with E-state index in [1.165, 1.54) is 26.0 Å². The molecule has 2 atom stereocenters. The number of halogens is 6.